The largest absolute Gasteiger partial charge is 0.493 e. The number of carbonyl (C=O) groups is 2. The third kappa shape index (κ3) is 8.21. The van der Waals surface area contributed by atoms with Crippen molar-refractivity contribution >= 4 is 21.9 Å². The Bertz CT molecular complexity index is 995. The van der Waals surface area contributed by atoms with Gasteiger partial charge in [0.1, 0.15) is 0 Å². The van der Waals surface area contributed by atoms with Crippen LogP contribution in [-0.2, 0) is 24.3 Å². The molecule has 3 rings (SSSR count). The van der Waals surface area contributed by atoms with E-state index in [1.165, 1.54) is 30.7 Å². The van der Waals surface area contributed by atoms with E-state index < -0.39 is 22.2 Å². The number of amides is 1. The highest BCUT2D eigenvalue weighted by atomic mass is 32.2. The van der Waals surface area contributed by atoms with E-state index in [9.17, 15) is 26.4 Å². The first-order valence-corrected chi connectivity index (χ1v) is 12.5. The van der Waals surface area contributed by atoms with Gasteiger partial charge in [0.05, 0.1) is 31.8 Å². The number of nitrogens with zero attached hydrogens (tertiary/aromatic N) is 2. The summed E-state index contributed by atoms with van der Waals surface area (Å²) in [5.41, 5.74) is 0. The van der Waals surface area contributed by atoms with Crippen LogP contribution in [0.15, 0.2) is 23.1 Å². The van der Waals surface area contributed by atoms with Gasteiger partial charge in [0.25, 0.3) is 0 Å². The van der Waals surface area contributed by atoms with Gasteiger partial charge in [-0.05, 0) is 25.0 Å². The van der Waals surface area contributed by atoms with Crippen molar-refractivity contribution in [3.05, 3.63) is 18.2 Å². The van der Waals surface area contributed by atoms with Crippen molar-refractivity contribution in [2.75, 3.05) is 60.1 Å². The van der Waals surface area contributed by atoms with Crippen LogP contribution in [0.25, 0.3) is 0 Å². The lowest BCUT2D eigenvalue weighted by Crippen LogP contribution is -2.51. The molecule has 36 heavy (non-hydrogen) atoms. The Kier molecular flexibility index (Phi) is 10.8. The van der Waals surface area contributed by atoms with Crippen LogP contribution in [0, 0.1) is 0 Å². The molecular weight excluding hydrogens is 511 g/mol. The minimum Gasteiger partial charge on any atom is -0.493 e. The summed E-state index contributed by atoms with van der Waals surface area (Å²) in [6.07, 6.45) is -3.62. The van der Waals surface area contributed by atoms with E-state index in [2.05, 4.69) is 5.32 Å². The number of sulfonamides is 1. The Hall–Kier alpha value is -2.62. The van der Waals surface area contributed by atoms with Crippen molar-refractivity contribution in [2.24, 2.45) is 0 Å². The van der Waals surface area contributed by atoms with Gasteiger partial charge >= 0.3 is 12.1 Å². The lowest BCUT2D eigenvalue weighted by molar-refractivity contribution is -0.192. The second-order valence-electron chi connectivity index (χ2n) is 7.88. The van der Waals surface area contributed by atoms with E-state index in [4.69, 9.17) is 24.1 Å². The topological polar surface area (TPSA) is 135 Å². The van der Waals surface area contributed by atoms with Crippen LogP contribution in [0.5, 0.6) is 11.5 Å². The number of rotatable bonds is 8. The number of benzene rings is 1. The first-order chi connectivity index (χ1) is 16.9. The highest BCUT2D eigenvalue weighted by molar-refractivity contribution is 7.89. The zero-order chi connectivity index (χ0) is 26.9. The zero-order valence-corrected chi connectivity index (χ0v) is 20.7. The molecule has 1 atom stereocenters. The quantitative estimate of drug-likeness (QED) is 0.493. The van der Waals surface area contributed by atoms with Gasteiger partial charge in [-0.2, -0.15) is 17.5 Å². The van der Waals surface area contributed by atoms with Crippen molar-refractivity contribution in [2.45, 2.75) is 30.0 Å². The highest BCUT2D eigenvalue weighted by Crippen LogP contribution is 2.31. The molecule has 0 saturated carbocycles. The Balaban J connectivity index is 0.000000572. The van der Waals surface area contributed by atoms with Crippen molar-refractivity contribution in [1.82, 2.24) is 14.5 Å². The molecule has 1 unspecified atom stereocenters. The molecule has 2 aliphatic rings. The summed E-state index contributed by atoms with van der Waals surface area (Å²) in [7, 11) is -0.986. The van der Waals surface area contributed by atoms with E-state index in [-0.39, 0.29) is 30.0 Å². The number of methoxy groups -OCH3 is 2. The Morgan fingerprint density at radius 3 is 2.31 bits per heavy atom. The van der Waals surface area contributed by atoms with Gasteiger partial charge in [-0.15, -0.1) is 0 Å². The number of carbonyl (C=O) groups excluding carboxylic acids is 1. The highest BCUT2D eigenvalue weighted by Gasteiger charge is 2.38. The minimum absolute atomic E-state index is 0.0567. The number of hydrogen-bond acceptors (Lipinski definition) is 8. The molecule has 1 aromatic carbocycles. The van der Waals surface area contributed by atoms with E-state index in [0.29, 0.717) is 44.3 Å². The average Bonchev–Trinajstić information content (AvgIpc) is 3.36. The number of piperazine rings is 1. The summed E-state index contributed by atoms with van der Waals surface area (Å²) in [4.78, 5) is 23.4. The molecule has 2 fully saturated rings. The van der Waals surface area contributed by atoms with Crippen molar-refractivity contribution in [1.29, 1.82) is 0 Å². The standard InChI is InChI=1S/C19H29N3O6S.C2HF3O2/c1-26-17-6-5-16(12-18(17)27-2)29(24,25)22(13-15-4-3-11-28-15)14-19(23)21-9-7-20-8-10-21;3-2(4,5)1(6)7/h5-6,12,15,20H,3-4,7-11,13-14H2,1-2H3;(H,6,7). The second-order valence-corrected chi connectivity index (χ2v) is 9.82. The summed E-state index contributed by atoms with van der Waals surface area (Å²) < 4.78 is 75.8. The third-order valence-corrected chi connectivity index (χ3v) is 7.26. The fraction of sp³-hybridized carbons (Fsp3) is 0.619. The van der Waals surface area contributed by atoms with Crippen LogP contribution >= 0.6 is 0 Å². The average molecular weight is 542 g/mol. The molecular formula is C21H30F3N3O8S. The van der Waals surface area contributed by atoms with Gasteiger partial charge in [-0.1, -0.05) is 0 Å². The zero-order valence-electron chi connectivity index (χ0n) is 19.9. The lowest BCUT2D eigenvalue weighted by Gasteiger charge is -2.31. The molecule has 1 aromatic rings. The number of nitrogens with one attached hydrogen (secondary N) is 1. The third-order valence-electron chi connectivity index (χ3n) is 5.45. The smallest absolute Gasteiger partial charge is 0.490 e. The number of halogens is 3. The summed E-state index contributed by atoms with van der Waals surface area (Å²) in [5, 5.41) is 10.3. The predicted octanol–water partition coefficient (Wildman–Crippen LogP) is 0.939. The molecule has 2 aliphatic heterocycles. The summed E-state index contributed by atoms with van der Waals surface area (Å²) in [6, 6.07) is 4.44. The number of carboxylic acids is 1. The SMILES string of the molecule is COc1ccc(S(=O)(=O)N(CC(=O)N2CCNCC2)CC2CCCO2)cc1OC.O=C(O)C(F)(F)F. The number of ether oxygens (including phenoxy) is 3. The number of carboxylic acid groups (broad SMARTS) is 1. The van der Waals surface area contributed by atoms with Gasteiger partial charge in [0, 0.05) is 45.4 Å². The van der Waals surface area contributed by atoms with E-state index in [1.807, 2.05) is 0 Å². The fourth-order valence-corrected chi connectivity index (χ4v) is 4.99. The Morgan fingerprint density at radius 1 is 1.19 bits per heavy atom. The maximum atomic E-state index is 13.4. The first kappa shape index (κ1) is 29.6. The molecule has 2 heterocycles. The maximum absolute atomic E-state index is 13.4. The second kappa shape index (κ2) is 13.1. The van der Waals surface area contributed by atoms with Crippen LogP contribution in [-0.4, -0.2) is 107 Å². The monoisotopic (exact) mass is 541 g/mol. The van der Waals surface area contributed by atoms with Crippen molar-refractivity contribution in [3.63, 3.8) is 0 Å². The molecule has 0 spiro atoms. The van der Waals surface area contributed by atoms with Crippen molar-refractivity contribution < 1.29 is 50.5 Å². The molecule has 0 bridgehead atoms. The van der Waals surface area contributed by atoms with Gasteiger partial charge in [-0.25, -0.2) is 13.2 Å². The van der Waals surface area contributed by atoms with Gasteiger partial charge < -0.3 is 29.5 Å². The van der Waals surface area contributed by atoms with Crippen molar-refractivity contribution in [3.8, 4) is 11.5 Å². The molecule has 0 radical (unpaired) electrons. The van der Waals surface area contributed by atoms with Gasteiger partial charge in [0.2, 0.25) is 15.9 Å². The molecule has 2 saturated heterocycles. The minimum atomic E-state index is -5.08. The molecule has 204 valence electrons. The molecule has 15 heteroatoms. The maximum Gasteiger partial charge on any atom is 0.490 e. The number of hydrogen-bond donors (Lipinski definition) is 2. The molecule has 0 aliphatic carbocycles. The molecule has 11 nitrogen and oxygen atoms in total. The van der Waals surface area contributed by atoms with Crippen LogP contribution in [0.4, 0.5) is 13.2 Å². The predicted molar refractivity (Wildman–Crippen MR) is 120 cm³/mol. The first-order valence-electron chi connectivity index (χ1n) is 11.0. The van der Waals surface area contributed by atoms with Crippen LogP contribution in [0.1, 0.15) is 12.8 Å². The number of aliphatic carboxylic acids is 1. The molecule has 0 aromatic heterocycles. The van der Waals surface area contributed by atoms with E-state index in [0.717, 1.165) is 12.8 Å². The van der Waals surface area contributed by atoms with E-state index in [1.54, 1.807) is 11.0 Å². The molecule has 2 N–H and O–H groups in total. The van der Waals surface area contributed by atoms with Crippen LogP contribution in [0.2, 0.25) is 0 Å². The van der Waals surface area contributed by atoms with Gasteiger partial charge in [-0.3, -0.25) is 4.79 Å². The normalized spacial score (nSPS) is 18.4. The Labute approximate surface area is 207 Å². The lowest BCUT2D eigenvalue weighted by atomic mass is 10.2. The summed E-state index contributed by atoms with van der Waals surface area (Å²) >= 11 is 0. The summed E-state index contributed by atoms with van der Waals surface area (Å²) in [6.45, 7) is 3.11. The summed E-state index contributed by atoms with van der Waals surface area (Å²) in [5.74, 6) is -2.20. The van der Waals surface area contributed by atoms with Crippen LogP contribution < -0.4 is 14.8 Å². The molecule has 1 amide bonds. The van der Waals surface area contributed by atoms with Crippen LogP contribution in [0.3, 0.4) is 0 Å². The van der Waals surface area contributed by atoms with Gasteiger partial charge in [0.15, 0.2) is 11.5 Å². The number of alkyl halides is 3. The Morgan fingerprint density at radius 2 is 1.81 bits per heavy atom. The van der Waals surface area contributed by atoms with E-state index >= 15 is 0 Å². The fourth-order valence-electron chi connectivity index (χ4n) is 3.55.